The molecule has 1 unspecified atom stereocenters. The van der Waals surface area contributed by atoms with Crippen LogP contribution >= 0.6 is 0 Å². The lowest BCUT2D eigenvalue weighted by atomic mass is 9.79. The van der Waals surface area contributed by atoms with Crippen LogP contribution in [-0.4, -0.2) is 32.5 Å². The van der Waals surface area contributed by atoms with Crippen LogP contribution in [0.5, 0.6) is 0 Å². The first-order chi connectivity index (χ1) is 7.20. The van der Waals surface area contributed by atoms with Gasteiger partial charge < -0.3 is 5.32 Å². The molecule has 0 amide bonds. The Morgan fingerprint density at radius 2 is 2.00 bits per heavy atom. The highest BCUT2D eigenvalue weighted by molar-refractivity contribution is 7.91. The molecule has 1 fully saturated rings. The van der Waals surface area contributed by atoms with E-state index in [1.165, 1.54) is 0 Å². The normalized spacial score (nSPS) is 25.9. The number of nitrogens with one attached hydrogen (secondary N) is 1. The molecule has 0 aliphatic carbocycles. The molecule has 0 saturated carbocycles. The van der Waals surface area contributed by atoms with Gasteiger partial charge in [-0.2, -0.15) is 0 Å². The average Bonchev–Trinajstić information content (AvgIpc) is 1.96. The van der Waals surface area contributed by atoms with E-state index >= 15 is 0 Å². The first-order valence-corrected chi connectivity index (χ1v) is 7.96. The van der Waals surface area contributed by atoms with Gasteiger partial charge in [-0.05, 0) is 24.2 Å². The zero-order chi connectivity index (χ0) is 12.4. The van der Waals surface area contributed by atoms with Gasteiger partial charge in [0.25, 0.3) is 0 Å². The zero-order valence-corrected chi connectivity index (χ0v) is 11.7. The van der Waals surface area contributed by atoms with Gasteiger partial charge in [0.1, 0.15) is 0 Å². The van der Waals surface area contributed by atoms with Crippen LogP contribution in [0.4, 0.5) is 0 Å². The Bertz CT molecular complexity index is 320. The fourth-order valence-corrected chi connectivity index (χ4v) is 4.30. The SMILES string of the molecule is CC(C)CC(C)(C)CC1CS(=O)(=O)CCN1. The monoisotopic (exact) mass is 247 g/mol. The van der Waals surface area contributed by atoms with E-state index in [0.29, 0.717) is 24.0 Å². The Morgan fingerprint density at radius 1 is 1.38 bits per heavy atom. The van der Waals surface area contributed by atoms with Gasteiger partial charge in [-0.15, -0.1) is 0 Å². The standard InChI is InChI=1S/C12H25NO2S/c1-10(2)7-12(3,4)8-11-9-16(14,15)6-5-13-11/h10-11,13H,5-9H2,1-4H3. The highest BCUT2D eigenvalue weighted by Crippen LogP contribution is 2.31. The van der Waals surface area contributed by atoms with Crippen molar-refractivity contribution in [3.8, 4) is 0 Å². The summed E-state index contributed by atoms with van der Waals surface area (Å²) in [7, 11) is -2.80. The smallest absolute Gasteiger partial charge is 0.153 e. The molecule has 96 valence electrons. The lowest BCUT2D eigenvalue weighted by Gasteiger charge is -2.33. The van der Waals surface area contributed by atoms with E-state index < -0.39 is 9.84 Å². The first-order valence-electron chi connectivity index (χ1n) is 6.14. The van der Waals surface area contributed by atoms with Gasteiger partial charge in [-0.3, -0.25) is 0 Å². The van der Waals surface area contributed by atoms with Crippen LogP contribution in [0, 0.1) is 11.3 Å². The Hall–Kier alpha value is -0.0900. The van der Waals surface area contributed by atoms with Crippen LogP contribution < -0.4 is 5.32 Å². The van der Waals surface area contributed by atoms with Crippen molar-refractivity contribution in [2.24, 2.45) is 11.3 Å². The maximum Gasteiger partial charge on any atom is 0.153 e. The van der Waals surface area contributed by atoms with Crippen molar-refractivity contribution in [3.63, 3.8) is 0 Å². The third-order valence-electron chi connectivity index (χ3n) is 3.06. The van der Waals surface area contributed by atoms with Gasteiger partial charge >= 0.3 is 0 Å². The summed E-state index contributed by atoms with van der Waals surface area (Å²) in [6.07, 6.45) is 2.09. The highest BCUT2D eigenvalue weighted by Gasteiger charge is 2.30. The molecule has 0 spiro atoms. The maximum atomic E-state index is 11.5. The number of hydrogen-bond acceptors (Lipinski definition) is 3. The molecule has 4 heteroatoms. The lowest BCUT2D eigenvalue weighted by Crippen LogP contribution is -2.47. The highest BCUT2D eigenvalue weighted by atomic mass is 32.2. The number of rotatable bonds is 4. The minimum absolute atomic E-state index is 0.146. The fraction of sp³-hybridized carbons (Fsp3) is 1.00. The van der Waals surface area contributed by atoms with E-state index in [0.717, 1.165) is 12.8 Å². The molecule has 1 saturated heterocycles. The quantitative estimate of drug-likeness (QED) is 0.824. The van der Waals surface area contributed by atoms with Crippen molar-refractivity contribution in [3.05, 3.63) is 0 Å². The molecule has 1 heterocycles. The second-order valence-corrected chi connectivity index (χ2v) is 8.46. The molecule has 1 aliphatic heterocycles. The Kier molecular flexibility index (Phi) is 4.41. The summed E-state index contributed by atoms with van der Waals surface area (Å²) < 4.78 is 23.1. The predicted molar refractivity (Wildman–Crippen MR) is 68.3 cm³/mol. The summed E-state index contributed by atoms with van der Waals surface area (Å²) in [6, 6.07) is 0.146. The molecular formula is C12H25NO2S. The van der Waals surface area contributed by atoms with Crippen molar-refractivity contribution in [2.75, 3.05) is 18.1 Å². The van der Waals surface area contributed by atoms with Crippen molar-refractivity contribution >= 4 is 9.84 Å². The van der Waals surface area contributed by atoms with Gasteiger partial charge in [0.15, 0.2) is 9.84 Å². The molecule has 3 nitrogen and oxygen atoms in total. The van der Waals surface area contributed by atoms with E-state index in [1.807, 2.05) is 0 Å². The minimum atomic E-state index is -2.80. The molecule has 0 aromatic carbocycles. The van der Waals surface area contributed by atoms with E-state index in [2.05, 4.69) is 33.0 Å². The largest absolute Gasteiger partial charge is 0.312 e. The number of hydrogen-bond donors (Lipinski definition) is 1. The number of sulfone groups is 1. The molecular weight excluding hydrogens is 222 g/mol. The third-order valence-corrected chi connectivity index (χ3v) is 4.80. The Labute approximate surface area is 99.9 Å². The van der Waals surface area contributed by atoms with Gasteiger partial charge in [0, 0.05) is 12.6 Å². The van der Waals surface area contributed by atoms with Crippen LogP contribution in [0.1, 0.15) is 40.5 Å². The Morgan fingerprint density at radius 3 is 2.50 bits per heavy atom. The molecule has 0 aromatic heterocycles. The van der Waals surface area contributed by atoms with E-state index in [4.69, 9.17) is 0 Å². The van der Waals surface area contributed by atoms with Crippen molar-refractivity contribution in [1.82, 2.24) is 5.32 Å². The summed E-state index contributed by atoms with van der Waals surface area (Å²) in [6.45, 7) is 9.51. The van der Waals surface area contributed by atoms with Crippen LogP contribution in [0.2, 0.25) is 0 Å². The van der Waals surface area contributed by atoms with Gasteiger partial charge in [-0.1, -0.05) is 27.7 Å². The maximum absolute atomic E-state index is 11.5. The average molecular weight is 247 g/mol. The summed E-state index contributed by atoms with van der Waals surface area (Å²) >= 11 is 0. The predicted octanol–water partition coefficient (Wildman–Crippen LogP) is 1.84. The molecule has 1 rings (SSSR count). The second-order valence-electron chi connectivity index (χ2n) is 6.23. The zero-order valence-electron chi connectivity index (χ0n) is 10.9. The molecule has 16 heavy (non-hydrogen) atoms. The van der Waals surface area contributed by atoms with Crippen LogP contribution in [-0.2, 0) is 9.84 Å². The minimum Gasteiger partial charge on any atom is -0.312 e. The van der Waals surface area contributed by atoms with Crippen LogP contribution in [0.3, 0.4) is 0 Å². The van der Waals surface area contributed by atoms with Crippen molar-refractivity contribution in [1.29, 1.82) is 0 Å². The lowest BCUT2D eigenvalue weighted by molar-refractivity contribution is 0.237. The molecule has 1 aliphatic rings. The second kappa shape index (κ2) is 5.05. The summed E-state index contributed by atoms with van der Waals surface area (Å²) in [4.78, 5) is 0. The van der Waals surface area contributed by atoms with Gasteiger partial charge in [-0.25, -0.2) is 8.42 Å². The summed E-state index contributed by atoms with van der Waals surface area (Å²) in [5, 5.41) is 3.32. The Balaban J connectivity index is 2.53. The molecule has 0 bridgehead atoms. The van der Waals surface area contributed by atoms with Crippen LogP contribution in [0.15, 0.2) is 0 Å². The molecule has 1 N–H and O–H groups in total. The fourth-order valence-electron chi connectivity index (χ4n) is 2.85. The third kappa shape index (κ3) is 4.83. The summed E-state index contributed by atoms with van der Waals surface area (Å²) in [5.74, 6) is 1.28. The molecule has 0 aromatic rings. The molecule has 0 radical (unpaired) electrons. The summed E-state index contributed by atoms with van der Waals surface area (Å²) in [5.41, 5.74) is 0.221. The topological polar surface area (TPSA) is 46.2 Å². The van der Waals surface area contributed by atoms with Crippen molar-refractivity contribution in [2.45, 2.75) is 46.6 Å². The van der Waals surface area contributed by atoms with Gasteiger partial charge in [0.2, 0.25) is 0 Å². The van der Waals surface area contributed by atoms with E-state index in [9.17, 15) is 8.42 Å². The molecule has 1 atom stereocenters. The van der Waals surface area contributed by atoms with E-state index in [-0.39, 0.29) is 11.5 Å². The van der Waals surface area contributed by atoms with Gasteiger partial charge in [0.05, 0.1) is 11.5 Å². The van der Waals surface area contributed by atoms with Crippen molar-refractivity contribution < 1.29 is 8.42 Å². The van der Waals surface area contributed by atoms with Crippen LogP contribution in [0.25, 0.3) is 0 Å². The first kappa shape index (κ1) is 14.0. The van der Waals surface area contributed by atoms with E-state index in [1.54, 1.807) is 0 Å².